The van der Waals surface area contributed by atoms with Gasteiger partial charge in [0.1, 0.15) is 0 Å². The van der Waals surface area contributed by atoms with E-state index in [4.69, 9.17) is 0 Å². The molecule has 0 radical (unpaired) electrons. The molecule has 1 heterocycles. The number of nitrogens with one attached hydrogen (secondary N) is 2. The largest absolute Gasteiger partial charge is 0.300 e. The van der Waals surface area contributed by atoms with E-state index < -0.39 is 0 Å². The minimum Gasteiger partial charge on any atom is -0.300 e. The van der Waals surface area contributed by atoms with Gasteiger partial charge in [-0.1, -0.05) is 12.8 Å². The highest BCUT2D eigenvalue weighted by atomic mass is 15.2. The summed E-state index contributed by atoms with van der Waals surface area (Å²) in [7, 11) is 0. The predicted molar refractivity (Wildman–Crippen MR) is 37.2 cm³/mol. The minimum atomic E-state index is 0.804. The number of rotatable bonds is 0. The molecule has 1 saturated heterocycles. The molecule has 2 N–H and O–H groups in total. The fraction of sp³-hybridized carbons (Fsp3) is 1.00. The molecule has 2 heteroatoms. The zero-order valence-electron chi connectivity index (χ0n) is 5.69. The van der Waals surface area contributed by atoms with Gasteiger partial charge in [-0.25, -0.2) is 0 Å². The fourth-order valence-corrected chi connectivity index (χ4v) is 1.94. The number of hydrogen-bond donors (Lipinski definition) is 2. The SMILES string of the molecule is C1CCC2NCNC2C1. The molecule has 0 aromatic heterocycles. The highest BCUT2D eigenvalue weighted by molar-refractivity contribution is 4.90. The summed E-state index contributed by atoms with van der Waals surface area (Å²) in [6.07, 6.45) is 5.63. The maximum Gasteiger partial charge on any atom is 0.0459 e. The Morgan fingerprint density at radius 3 is 2.00 bits per heavy atom. The standard InChI is InChI=1S/C7H14N2/c1-2-4-7-6(3-1)8-5-9-7/h6-9H,1-5H2. The first kappa shape index (κ1) is 5.69. The Labute approximate surface area is 56.0 Å². The lowest BCUT2D eigenvalue weighted by molar-refractivity contribution is 0.374. The number of fused-ring (bicyclic) bond motifs is 1. The molecule has 2 atom stereocenters. The van der Waals surface area contributed by atoms with Crippen molar-refractivity contribution in [3.8, 4) is 0 Å². The van der Waals surface area contributed by atoms with Crippen LogP contribution in [0.1, 0.15) is 25.7 Å². The summed E-state index contributed by atoms with van der Waals surface area (Å²) in [4.78, 5) is 0. The Morgan fingerprint density at radius 1 is 0.889 bits per heavy atom. The topological polar surface area (TPSA) is 24.1 Å². The third-order valence-corrected chi connectivity index (χ3v) is 2.49. The third kappa shape index (κ3) is 0.970. The van der Waals surface area contributed by atoms with Crippen molar-refractivity contribution in [2.75, 3.05) is 6.67 Å². The lowest BCUT2D eigenvalue weighted by Crippen LogP contribution is -2.36. The van der Waals surface area contributed by atoms with Crippen molar-refractivity contribution in [1.29, 1.82) is 0 Å². The van der Waals surface area contributed by atoms with Crippen LogP contribution in [-0.4, -0.2) is 18.8 Å². The van der Waals surface area contributed by atoms with E-state index in [1.807, 2.05) is 0 Å². The molecule has 2 aliphatic rings. The van der Waals surface area contributed by atoms with Crippen LogP contribution in [0.4, 0.5) is 0 Å². The highest BCUT2D eigenvalue weighted by Gasteiger charge is 2.27. The van der Waals surface area contributed by atoms with Crippen molar-refractivity contribution in [2.45, 2.75) is 37.8 Å². The zero-order valence-corrected chi connectivity index (χ0v) is 5.69. The van der Waals surface area contributed by atoms with Crippen molar-refractivity contribution in [3.63, 3.8) is 0 Å². The Balaban J connectivity index is 1.97. The first-order valence-corrected chi connectivity index (χ1v) is 3.93. The second-order valence-corrected chi connectivity index (χ2v) is 3.08. The van der Waals surface area contributed by atoms with E-state index in [0.29, 0.717) is 0 Å². The minimum absolute atomic E-state index is 0.804. The molecule has 9 heavy (non-hydrogen) atoms. The van der Waals surface area contributed by atoms with Crippen molar-refractivity contribution in [1.82, 2.24) is 10.6 Å². The molecule has 1 aliphatic heterocycles. The summed E-state index contributed by atoms with van der Waals surface area (Å²) in [5.74, 6) is 0. The van der Waals surface area contributed by atoms with Crippen LogP contribution in [0.2, 0.25) is 0 Å². The second-order valence-electron chi connectivity index (χ2n) is 3.08. The van der Waals surface area contributed by atoms with Crippen LogP contribution in [0.15, 0.2) is 0 Å². The Hall–Kier alpha value is -0.0800. The van der Waals surface area contributed by atoms with Gasteiger partial charge in [-0.2, -0.15) is 0 Å². The molecule has 0 aromatic rings. The first-order valence-electron chi connectivity index (χ1n) is 3.93. The summed E-state index contributed by atoms with van der Waals surface area (Å²) in [6.45, 7) is 1.04. The van der Waals surface area contributed by atoms with Crippen LogP contribution in [0, 0.1) is 0 Å². The molecule has 2 unspecified atom stereocenters. The predicted octanol–water partition coefficient (Wildman–Crippen LogP) is 0.448. The van der Waals surface area contributed by atoms with Gasteiger partial charge in [-0.05, 0) is 12.8 Å². The molecule has 52 valence electrons. The molecule has 1 saturated carbocycles. The van der Waals surface area contributed by atoms with Gasteiger partial charge in [0.25, 0.3) is 0 Å². The van der Waals surface area contributed by atoms with Crippen molar-refractivity contribution in [3.05, 3.63) is 0 Å². The average molecular weight is 126 g/mol. The second kappa shape index (κ2) is 2.27. The summed E-state index contributed by atoms with van der Waals surface area (Å²) < 4.78 is 0. The van der Waals surface area contributed by atoms with Crippen LogP contribution in [0.25, 0.3) is 0 Å². The fourth-order valence-electron chi connectivity index (χ4n) is 1.94. The first-order chi connectivity index (χ1) is 4.47. The van der Waals surface area contributed by atoms with Gasteiger partial charge in [0, 0.05) is 18.8 Å². The van der Waals surface area contributed by atoms with Gasteiger partial charge >= 0.3 is 0 Å². The van der Waals surface area contributed by atoms with Gasteiger partial charge in [-0.15, -0.1) is 0 Å². The van der Waals surface area contributed by atoms with E-state index in [0.717, 1.165) is 18.8 Å². The third-order valence-electron chi connectivity index (χ3n) is 2.49. The lowest BCUT2D eigenvalue weighted by atomic mass is 9.92. The molecular formula is C7H14N2. The zero-order chi connectivity index (χ0) is 6.10. The van der Waals surface area contributed by atoms with Crippen molar-refractivity contribution < 1.29 is 0 Å². The van der Waals surface area contributed by atoms with E-state index in [2.05, 4.69) is 10.6 Å². The van der Waals surface area contributed by atoms with Crippen molar-refractivity contribution >= 4 is 0 Å². The molecular weight excluding hydrogens is 112 g/mol. The molecule has 0 spiro atoms. The summed E-state index contributed by atoms with van der Waals surface area (Å²) in [5.41, 5.74) is 0. The van der Waals surface area contributed by atoms with Crippen molar-refractivity contribution in [2.24, 2.45) is 0 Å². The molecule has 2 nitrogen and oxygen atoms in total. The molecule has 0 bridgehead atoms. The molecule has 2 rings (SSSR count). The van der Waals surface area contributed by atoms with Crippen LogP contribution in [0.5, 0.6) is 0 Å². The molecule has 0 aromatic carbocycles. The van der Waals surface area contributed by atoms with E-state index in [1.165, 1.54) is 25.7 Å². The maximum atomic E-state index is 3.45. The van der Waals surface area contributed by atoms with E-state index >= 15 is 0 Å². The van der Waals surface area contributed by atoms with E-state index in [9.17, 15) is 0 Å². The Morgan fingerprint density at radius 2 is 1.44 bits per heavy atom. The van der Waals surface area contributed by atoms with Crippen LogP contribution < -0.4 is 10.6 Å². The number of hydrogen-bond acceptors (Lipinski definition) is 2. The van der Waals surface area contributed by atoms with Crippen LogP contribution in [0.3, 0.4) is 0 Å². The molecule has 2 fully saturated rings. The summed E-state index contributed by atoms with van der Waals surface area (Å²) >= 11 is 0. The van der Waals surface area contributed by atoms with Gasteiger partial charge in [-0.3, -0.25) is 0 Å². The highest BCUT2D eigenvalue weighted by Crippen LogP contribution is 2.20. The normalized spacial score (nSPS) is 42.7. The lowest BCUT2D eigenvalue weighted by Gasteiger charge is -2.23. The van der Waals surface area contributed by atoms with Gasteiger partial charge < -0.3 is 10.6 Å². The maximum absolute atomic E-state index is 3.45. The summed E-state index contributed by atoms with van der Waals surface area (Å²) in [5, 5.41) is 6.89. The molecule has 0 amide bonds. The average Bonchev–Trinajstić information content (AvgIpc) is 2.33. The van der Waals surface area contributed by atoms with Crippen LogP contribution >= 0.6 is 0 Å². The van der Waals surface area contributed by atoms with E-state index in [-0.39, 0.29) is 0 Å². The summed E-state index contributed by atoms with van der Waals surface area (Å²) in [6, 6.07) is 1.61. The Kier molecular flexibility index (Phi) is 1.44. The molecule has 1 aliphatic carbocycles. The van der Waals surface area contributed by atoms with E-state index in [1.54, 1.807) is 0 Å². The van der Waals surface area contributed by atoms with Gasteiger partial charge in [0.05, 0.1) is 0 Å². The van der Waals surface area contributed by atoms with Gasteiger partial charge in [0.2, 0.25) is 0 Å². The smallest absolute Gasteiger partial charge is 0.0459 e. The monoisotopic (exact) mass is 126 g/mol. The quantitative estimate of drug-likeness (QED) is 0.492. The van der Waals surface area contributed by atoms with Gasteiger partial charge in [0.15, 0.2) is 0 Å². The van der Waals surface area contributed by atoms with Crippen LogP contribution in [-0.2, 0) is 0 Å². The Bertz CT molecular complexity index is 91.1.